The molecule has 0 spiro atoms. The molecule has 2 fully saturated rings. The average Bonchev–Trinajstić information content (AvgIpc) is 3.44. The maximum absolute atomic E-state index is 16.8. The van der Waals surface area contributed by atoms with E-state index in [0.717, 1.165) is 5.56 Å². The van der Waals surface area contributed by atoms with Crippen LogP contribution in [0.3, 0.4) is 0 Å². The molecule has 0 unspecified atom stereocenters. The molecule has 2 aromatic carbocycles. The zero-order valence-electron chi connectivity index (χ0n) is 26.4. The highest BCUT2D eigenvalue weighted by Crippen LogP contribution is 2.42. The number of aryl methyl sites for hydroxylation is 2. The van der Waals surface area contributed by atoms with Gasteiger partial charge in [0.25, 0.3) is 5.91 Å². The maximum Gasteiger partial charge on any atom is 0.410 e. The second kappa shape index (κ2) is 12.1. The van der Waals surface area contributed by atoms with E-state index in [1.165, 1.54) is 4.90 Å². The molecule has 11 nitrogen and oxygen atoms in total. The Morgan fingerprint density at radius 1 is 1.22 bits per heavy atom. The number of halogens is 2. The first kappa shape index (κ1) is 31.6. The van der Waals surface area contributed by atoms with Crippen LogP contribution in [-0.2, 0) is 14.3 Å². The minimum absolute atomic E-state index is 0.0586. The molecular formula is C33H35ClFN7O4. The standard InChI is InChI=1S/C33H35ClFN7O4/c1-18-7-6-8-22(26(18)34)25-19(2)15-23-28(27(25)35)37-31(41-13-14-45-17-24(41)43)29-30(23)42(39-38-29)21-10-12-40(20(16-21)9-11-36)32(44)46-33(3,4)5/h6-8,15,20-21H,9-10,12-14,16-17H2,1-5H3/t20-,21+/m1/s1. The van der Waals surface area contributed by atoms with Gasteiger partial charge in [-0.25, -0.2) is 18.9 Å². The van der Waals surface area contributed by atoms with Crippen molar-refractivity contribution in [1.82, 2.24) is 24.9 Å². The van der Waals surface area contributed by atoms with Gasteiger partial charge in [-0.2, -0.15) is 5.26 Å². The Kier molecular flexibility index (Phi) is 8.33. The van der Waals surface area contributed by atoms with Gasteiger partial charge >= 0.3 is 6.09 Å². The van der Waals surface area contributed by atoms with E-state index < -0.39 is 23.6 Å². The van der Waals surface area contributed by atoms with Crippen LogP contribution < -0.4 is 4.90 Å². The highest BCUT2D eigenvalue weighted by atomic mass is 35.5. The summed E-state index contributed by atoms with van der Waals surface area (Å²) in [7, 11) is 0. The number of fused-ring (bicyclic) bond motifs is 3. The summed E-state index contributed by atoms with van der Waals surface area (Å²) in [4.78, 5) is 33.9. The number of anilines is 1. The average molecular weight is 648 g/mol. The van der Waals surface area contributed by atoms with Crippen LogP contribution >= 0.6 is 11.6 Å². The molecule has 0 N–H and O–H groups in total. The predicted molar refractivity (Wildman–Crippen MR) is 171 cm³/mol. The molecule has 2 saturated heterocycles. The molecule has 2 atom stereocenters. The molecule has 4 heterocycles. The second-order valence-electron chi connectivity index (χ2n) is 12.8. The Morgan fingerprint density at radius 3 is 2.72 bits per heavy atom. The van der Waals surface area contributed by atoms with E-state index in [4.69, 9.17) is 26.1 Å². The zero-order chi connectivity index (χ0) is 32.9. The minimum Gasteiger partial charge on any atom is -0.444 e. The monoisotopic (exact) mass is 647 g/mol. The number of rotatable bonds is 4. The first-order chi connectivity index (χ1) is 21.9. The smallest absolute Gasteiger partial charge is 0.410 e. The summed E-state index contributed by atoms with van der Waals surface area (Å²) < 4.78 is 29.5. The summed E-state index contributed by atoms with van der Waals surface area (Å²) in [5, 5.41) is 19.6. The molecule has 4 aromatic rings. The van der Waals surface area contributed by atoms with Crippen molar-refractivity contribution in [1.29, 1.82) is 5.26 Å². The van der Waals surface area contributed by atoms with Crippen LogP contribution in [0.25, 0.3) is 33.1 Å². The van der Waals surface area contributed by atoms with Crippen molar-refractivity contribution in [2.45, 2.75) is 71.6 Å². The predicted octanol–water partition coefficient (Wildman–Crippen LogP) is 6.27. The number of nitriles is 1. The van der Waals surface area contributed by atoms with Gasteiger partial charge in [0.15, 0.2) is 17.2 Å². The Balaban J connectivity index is 1.53. The lowest BCUT2D eigenvalue weighted by Crippen LogP contribution is -2.48. The van der Waals surface area contributed by atoms with Crippen LogP contribution in [-0.4, -0.2) is 74.8 Å². The van der Waals surface area contributed by atoms with Crippen molar-refractivity contribution in [2.75, 3.05) is 31.2 Å². The number of morpholine rings is 1. The van der Waals surface area contributed by atoms with Crippen molar-refractivity contribution in [3.8, 4) is 17.2 Å². The van der Waals surface area contributed by atoms with E-state index in [-0.39, 0.29) is 42.9 Å². The van der Waals surface area contributed by atoms with E-state index in [2.05, 4.69) is 16.4 Å². The van der Waals surface area contributed by atoms with Gasteiger partial charge < -0.3 is 14.4 Å². The SMILES string of the molecule is Cc1cccc(-c2c(C)cc3c(nc(N4CCOCC4=O)c4nnn([C@H]5CCN(C(=O)OC(C)(C)C)[C@H](CC#N)C5)c43)c2F)c1Cl. The molecule has 0 bridgehead atoms. The summed E-state index contributed by atoms with van der Waals surface area (Å²) in [5.41, 5.74) is 2.58. The molecule has 2 aromatic heterocycles. The number of likely N-dealkylation sites (tertiary alicyclic amines) is 1. The van der Waals surface area contributed by atoms with Crippen LogP contribution in [0.1, 0.15) is 57.2 Å². The van der Waals surface area contributed by atoms with Crippen molar-refractivity contribution in [2.24, 2.45) is 0 Å². The van der Waals surface area contributed by atoms with Gasteiger partial charge in [0.1, 0.15) is 23.2 Å². The Morgan fingerprint density at radius 2 is 2.00 bits per heavy atom. The lowest BCUT2D eigenvalue weighted by Gasteiger charge is -2.39. The highest BCUT2D eigenvalue weighted by Gasteiger charge is 2.37. The molecule has 0 saturated carbocycles. The number of nitrogens with zero attached hydrogens (tertiary/aromatic N) is 7. The Labute approximate surface area is 270 Å². The minimum atomic E-state index is -0.685. The summed E-state index contributed by atoms with van der Waals surface area (Å²) in [6, 6.07) is 8.81. The Hall–Kier alpha value is -4.34. The number of amides is 2. The van der Waals surface area contributed by atoms with E-state index >= 15 is 4.39 Å². The van der Waals surface area contributed by atoms with Gasteiger partial charge in [-0.1, -0.05) is 35.0 Å². The molecule has 2 aliphatic heterocycles. The molecule has 46 heavy (non-hydrogen) atoms. The lowest BCUT2D eigenvalue weighted by molar-refractivity contribution is -0.125. The van der Waals surface area contributed by atoms with Gasteiger partial charge in [0.05, 0.1) is 42.7 Å². The first-order valence-electron chi connectivity index (χ1n) is 15.3. The maximum atomic E-state index is 16.8. The number of benzene rings is 2. The van der Waals surface area contributed by atoms with E-state index in [1.807, 2.05) is 32.0 Å². The number of carbonyl (C=O) groups is 2. The summed E-state index contributed by atoms with van der Waals surface area (Å²) in [6.45, 7) is 9.79. The third kappa shape index (κ3) is 5.62. The van der Waals surface area contributed by atoms with Gasteiger partial charge in [-0.3, -0.25) is 9.69 Å². The van der Waals surface area contributed by atoms with Crippen LogP contribution in [0.2, 0.25) is 5.02 Å². The molecule has 0 aliphatic carbocycles. The number of piperidine rings is 1. The normalized spacial score (nSPS) is 19.1. The van der Waals surface area contributed by atoms with Crippen molar-refractivity contribution in [3.05, 3.63) is 46.2 Å². The van der Waals surface area contributed by atoms with Crippen molar-refractivity contribution >= 4 is 51.4 Å². The van der Waals surface area contributed by atoms with Gasteiger partial charge in [0.2, 0.25) is 0 Å². The van der Waals surface area contributed by atoms with Gasteiger partial charge in [0, 0.05) is 23.1 Å². The summed E-state index contributed by atoms with van der Waals surface area (Å²) in [5.74, 6) is -0.685. The molecule has 6 rings (SSSR count). The van der Waals surface area contributed by atoms with Crippen molar-refractivity contribution in [3.63, 3.8) is 0 Å². The van der Waals surface area contributed by atoms with E-state index in [1.54, 1.807) is 36.4 Å². The fraction of sp³-hybridized carbons (Fsp3) is 0.455. The zero-order valence-corrected chi connectivity index (χ0v) is 27.2. The fourth-order valence-electron chi connectivity index (χ4n) is 6.38. The van der Waals surface area contributed by atoms with Crippen LogP contribution in [0.15, 0.2) is 24.3 Å². The lowest BCUT2D eigenvalue weighted by atomic mass is 9.94. The van der Waals surface area contributed by atoms with Crippen LogP contribution in [0, 0.1) is 31.0 Å². The first-order valence-corrected chi connectivity index (χ1v) is 15.6. The fourth-order valence-corrected chi connectivity index (χ4v) is 6.60. The molecule has 13 heteroatoms. The van der Waals surface area contributed by atoms with Gasteiger partial charge in [-0.05, 0) is 64.7 Å². The third-order valence-electron chi connectivity index (χ3n) is 8.51. The number of ether oxygens (including phenoxy) is 2. The largest absolute Gasteiger partial charge is 0.444 e. The number of aromatic nitrogens is 4. The molecule has 240 valence electrons. The van der Waals surface area contributed by atoms with Crippen LogP contribution in [0.4, 0.5) is 15.0 Å². The van der Waals surface area contributed by atoms with E-state index in [9.17, 15) is 14.9 Å². The second-order valence-corrected chi connectivity index (χ2v) is 13.2. The number of pyridine rings is 1. The molecular weight excluding hydrogens is 613 g/mol. The topological polar surface area (TPSA) is 126 Å². The summed E-state index contributed by atoms with van der Waals surface area (Å²) >= 11 is 6.67. The van der Waals surface area contributed by atoms with Crippen LogP contribution in [0.5, 0.6) is 0 Å². The number of hydrogen-bond acceptors (Lipinski definition) is 8. The molecule has 2 amide bonds. The number of hydrogen-bond donors (Lipinski definition) is 0. The quantitative estimate of drug-likeness (QED) is 0.254. The summed E-state index contributed by atoms with van der Waals surface area (Å²) in [6.07, 6.45) is 0.525. The van der Waals surface area contributed by atoms with Gasteiger partial charge in [-0.15, -0.1) is 5.10 Å². The molecule has 0 radical (unpaired) electrons. The third-order valence-corrected chi connectivity index (χ3v) is 9.01. The highest BCUT2D eigenvalue weighted by molar-refractivity contribution is 6.34. The molecule has 2 aliphatic rings. The number of carbonyl (C=O) groups excluding carboxylic acids is 2. The van der Waals surface area contributed by atoms with Crippen molar-refractivity contribution < 1.29 is 23.5 Å². The Bertz CT molecular complexity index is 1910. The van der Waals surface area contributed by atoms with E-state index in [0.29, 0.717) is 64.1 Å².